The third-order valence-corrected chi connectivity index (χ3v) is 4.61. The van der Waals surface area contributed by atoms with Crippen LogP contribution in [-0.2, 0) is 6.42 Å². The highest BCUT2D eigenvalue weighted by Crippen LogP contribution is 2.34. The summed E-state index contributed by atoms with van der Waals surface area (Å²) in [5, 5.41) is 2.11. The van der Waals surface area contributed by atoms with Crippen molar-refractivity contribution in [1.82, 2.24) is 9.38 Å². The van der Waals surface area contributed by atoms with Gasteiger partial charge in [-0.25, -0.2) is 4.98 Å². The molecule has 0 aromatic carbocycles. The topological polar surface area (TPSA) is 43.3 Å². The van der Waals surface area contributed by atoms with Gasteiger partial charge in [0.1, 0.15) is 0 Å². The van der Waals surface area contributed by atoms with Crippen LogP contribution in [-0.4, -0.2) is 15.9 Å². The van der Waals surface area contributed by atoms with Gasteiger partial charge in [0.15, 0.2) is 4.96 Å². The molecule has 0 bridgehead atoms. The van der Waals surface area contributed by atoms with Gasteiger partial charge in [-0.05, 0) is 24.9 Å². The largest absolute Gasteiger partial charge is 0.330 e. The first-order chi connectivity index (χ1) is 8.31. The lowest BCUT2D eigenvalue weighted by Gasteiger charge is -2.02. The zero-order valence-electron chi connectivity index (χ0n) is 9.51. The highest BCUT2D eigenvalue weighted by molar-refractivity contribution is 7.18. The Bertz CT molecular complexity index is 634. The molecule has 5 heteroatoms. The molecule has 0 fully saturated rings. The van der Waals surface area contributed by atoms with Crippen molar-refractivity contribution in [2.45, 2.75) is 13.3 Å². The summed E-state index contributed by atoms with van der Waals surface area (Å²) in [7, 11) is 0. The molecule has 3 rings (SSSR count). The summed E-state index contributed by atoms with van der Waals surface area (Å²) in [5.41, 5.74) is 8.13. The van der Waals surface area contributed by atoms with Crippen LogP contribution in [0, 0.1) is 6.92 Å². The van der Waals surface area contributed by atoms with Gasteiger partial charge in [0.2, 0.25) is 0 Å². The Morgan fingerprint density at radius 3 is 3.06 bits per heavy atom. The van der Waals surface area contributed by atoms with Gasteiger partial charge in [-0.15, -0.1) is 22.7 Å². The van der Waals surface area contributed by atoms with E-state index >= 15 is 0 Å². The highest BCUT2D eigenvalue weighted by Gasteiger charge is 2.15. The molecule has 0 saturated heterocycles. The molecule has 0 aliphatic carbocycles. The Labute approximate surface area is 108 Å². The Hall–Kier alpha value is -1.17. The lowest BCUT2D eigenvalue weighted by atomic mass is 10.3. The fourth-order valence-electron chi connectivity index (χ4n) is 2.04. The first-order valence-electron chi connectivity index (χ1n) is 5.51. The van der Waals surface area contributed by atoms with Crippen LogP contribution in [0.3, 0.4) is 0 Å². The molecule has 0 radical (unpaired) electrons. The van der Waals surface area contributed by atoms with Crippen molar-refractivity contribution >= 4 is 27.6 Å². The maximum Gasteiger partial charge on any atom is 0.194 e. The zero-order valence-corrected chi connectivity index (χ0v) is 11.1. The maximum absolute atomic E-state index is 5.65. The number of imidazole rings is 1. The normalized spacial score (nSPS) is 11.4. The van der Waals surface area contributed by atoms with E-state index in [1.165, 1.54) is 21.1 Å². The number of thiophene rings is 1. The standard InChI is InChI=1S/C12H13N3S2/c1-8-11(10-3-2-6-16-10)15-9(4-5-13)7-14-12(15)17-8/h2-3,6-7H,4-5,13H2,1H3. The summed E-state index contributed by atoms with van der Waals surface area (Å²) in [5.74, 6) is 0. The molecule has 88 valence electrons. The molecule has 0 saturated carbocycles. The number of hydrogen-bond donors (Lipinski definition) is 1. The van der Waals surface area contributed by atoms with Crippen LogP contribution in [0.25, 0.3) is 15.5 Å². The van der Waals surface area contributed by atoms with Crippen molar-refractivity contribution < 1.29 is 0 Å². The number of nitrogens with zero attached hydrogens (tertiary/aromatic N) is 2. The number of nitrogens with two attached hydrogens (primary N) is 1. The number of fused-ring (bicyclic) bond motifs is 1. The van der Waals surface area contributed by atoms with E-state index in [1.807, 2.05) is 6.20 Å². The van der Waals surface area contributed by atoms with E-state index in [1.54, 1.807) is 22.7 Å². The van der Waals surface area contributed by atoms with Gasteiger partial charge < -0.3 is 5.73 Å². The number of hydrogen-bond acceptors (Lipinski definition) is 4. The summed E-state index contributed by atoms with van der Waals surface area (Å²) in [6.07, 6.45) is 2.81. The first-order valence-corrected chi connectivity index (χ1v) is 7.20. The molecule has 0 aliphatic heterocycles. The fraction of sp³-hybridized carbons (Fsp3) is 0.250. The summed E-state index contributed by atoms with van der Waals surface area (Å²) >= 11 is 3.51. The minimum atomic E-state index is 0.659. The van der Waals surface area contributed by atoms with Crippen molar-refractivity contribution in [3.8, 4) is 10.6 Å². The molecule has 0 unspecified atom stereocenters. The highest BCUT2D eigenvalue weighted by atomic mass is 32.1. The minimum Gasteiger partial charge on any atom is -0.330 e. The molecular weight excluding hydrogens is 250 g/mol. The van der Waals surface area contributed by atoms with Gasteiger partial charge in [0.25, 0.3) is 0 Å². The van der Waals surface area contributed by atoms with E-state index < -0.39 is 0 Å². The van der Waals surface area contributed by atoms with Gasteiger partial charge in [-0.1, -0.05) is 6.07 Å². The van der Waals surface area contributed by atoms with E-state index in [0.29, 0.717) is 6.54 Å². The predicted molar refractivity (Wildman–Crippen MR) is 73.9 cm³/mol. The average Bonchev–Trinajstić information content (AvgIpc) is 2.97. The van der Waals surface area contributed by atoms with Crippen LogP contribution in [0.15, 0.2) is 23.7 Å². The molecule has 17 heavy (non-hydrogen) atoms. The Morgan fingerprint density at radius 1 is 1.47 bits per heavy atom. The van der Waals surface area contributed by atoms with Crippen molar-refractivity contribution in [3.63, 3.8) is 0 Å². The van der Waals surface area contributed by atoms with Gasteiger partial charge in [-0.3, -0.25) is 4.40 Å². The third-order valence-electron chi connectivity index (χ3n) is 2.76. The van der Waals surface area contributed by atoms with Gasteiger partial charge >= 0.3 is 0 Å². The van der Waals surface area contributed by atoms with Crippen LogP contribution < -0.4 is 5.73 Å². The molecule has 0 amide bonds. The zero-order chi connectivity index (χ0) is 11.8. The molecule has 3 nitrogen and oxygen atoms in total. The summed E-state index contributed by atoms with van der Waals surface area (Å²) in [6, 6.07) is 4.24. The van der Waals surface area contributed by atoms with E-state index in [2.05, 4.69) is 33.8 Å². The molecule has 2 N–H and O–H groups in total. The van der Waals surface area contributed by atoms with E-state index in [9.17, 15) is 0 Å². The molecule has 3 aromatic heterocycles. The Morgan fingerprint density at radius 2 is 2.35 bits per heavy atom. The number of aryl methyl sites for hydroxylation is 1. The fourth-order valence-corrected chi connectivity index (χ4v) is 3.90. The lowest BCUT2D eigenvalue weighted by Crippen LogP contribution is -2.05. The Balaban J connectivity index is 2.28. The second-order valence-corrected chi connectivity index (χ2v) is 6.02. The van der Waals surface area contributed by atoms with Crippen LogP contribution in [0.4, 0.5) is 0 Å². The number of rotatable bonds is 3. The smallest absolute Gasteiger partial charge is 0.194 e. The van der Waals surface area contributed by atoms with Crippen LogP contribution in [0.5, 0.6) is 0 Å². The van der Waals surface area contributed by atoms with Gasteiger partial charge in [-0.2, -0.15) is 0 Å². The molecule has 3 heterocycles. The van der Waals surface area contributed by atoms with Crippen LogP contribution in [0.2, 0.25) is 0 Å². The summed E-state index contributed by atoms with van der Waals surface area (Å²) in [6.45, 7) is 2.81. The van der Waals surface area contributed by atoms with Crippen molar-refractivity contribution in [2.24, 2.45) is 5.73 Å². The van der Waals surface area contributed by atoms with Crippen molar-refractivity contribution in [1.29, 1.82) is 0 Å². The molecule has 3 aromatic rings. The van der Waals surface area contributed by atoms with Gasteiger partial charge in [0.05, 0.1) is 16.8 Å². The SMILES string of the molecule is Cc1sc2ncc(CCN)n2c1-c1cccs1. The monoisotopic (exact) mass is 263 g/mol. The lowest BCUT2D eigenvalue weighted by molar-refractivity contribution is 0.911. The molecular formula is C12H13N3S2. The maximum atomic E-state index is 5.65. The quantitative estimate of drug-likeness (QED) is 0.789. The van der Waals surface area contributed by atoms with Crippen LogP contribution >= 0.6 is 22.7 Å². The number of thiazole rings is 1. The average molecular weight is 263 g/mol. The second kappa shape index (κ2) is 4.25. The molecule has 0 aliphatic rings. The summed E-state index contributed by atoms with van der Waals surface area (Å²) in [4.78, 5) is 8.13. The predicted octanol–water partition coefficient (Wildman–Crippen LogP) is 2.93. The first kappa shape index (κ1) is 11.0. The molecule has 0 atom stereocenters. The van der Waals surface area contributed by atoms with E-state index in [0.717, 1.165) is 11.4 Å². The third kappa shape index (κ3) is 1.71. The summed E-state index contributed by atoms with van der Waals surface area (Å²) < 4.78 is 2.25. The second-order valence-electron chi connectivity index (χ2n) is 3.89. The Kier molecular flexibility index (Phi) is 2.74. The number of aromatic nitrogens is 2. The van der Waals surface area contributed by atoms with E-state index in [4.69, 9.17) is 5.73 Å². The minimum absolute atomic E-state index is 0.659. The van der Waals surface area contributed by atoms with Crippen LogP contribution in [0.1, 0.15) is 10.6 Å². The van der Waals surface area contributed by atoms with Gasteiger partial charge in [0, 0.05) is 17.0 Å². The van der Waals surface area contributed by atoms with Crippen molar-refractivity contribution in [2.75, 3.05) is 6.54 Å². The molecule has 0 spiro atoms. The van der Waals surface area contributed by atoms with E-state index in [-0.39, 0.29) is 0 Å². The van der Waals surface area contributed by atoms with Crippen molar-refractivity contribution in [3.05, 3.63) is 34.3 Å².